The Balaban J connectivity index is 2.32. The number of hydrogen-bond donors (Lipinski definition) is 2. The van der Waals surface area contributed by atoms with Gasteiger partial charge in [-0.15, -0.1) is 0 Å². The lowest BCUT2D eigenvalue weighted by atomic mass is 10.0. The number of hydrogen-bond acceptors (Lipinski definition) is 3. The van der Waals surface area contributed by atoms with Gasteiger partial charge in [-0.05, 0) is 19.3 Å². The third-order valence-electron chi connectivity index (χ3n) is 5.29. The number of benzene rings is 1. The molecule has 1 rings (SSSR count). The van der Waals surface area contributed by atoms with Gasteiger partial charge >= 0.3 is 0 Å². The molecule has 3 nitrogen and oxygen atoms in total. The highest BCUT2D eigenvalue weighted by Crippen LogP contribution is 2.28. The Kier molecular flexibility index (Phi) is 14.2. The predicted octanol–water partition coefficient (Wildman–Crippen LogP) is 6.53. The maximum atomic E-state index is 9.58. The quantitative estimate of drug-likeness (QED) is 0.303. The lowest BCUT2D eigenvalue weighted by molar-refractivity contribution is 0.162. The van der Waals surface area contributed by atoms with Gasteiger partial charge in [0, 0.05) is 11.1 Å². The van der Waals surface area contributed by atoms with Crippen LogP contribution in [0.3, 0.4) is 0 Å². The molecule has 1 unspecified atom stereocenters. The molecule has 0 saturated carbocycles. The molecule has 0 radical (unpaired) electrons. The van der Waals surface area contributed by atoms with E-state index in [2.05, 4.69) is 13.8 Å². The lowest BCUT2D eigenvalue weighted by Crippen LogP contribution is -2.18. The summed E-state index contributed by atoms with van der Waals surface area (Å²) in [5.74, 6) is 0.688. The minimum absolute atomic E-state index is 0.0553. The fourth-order valence-corrected chi connectivity index (χ4v) is 3.65. The molecule has 1 aromatic carbocycles. The molecular formula is C24H42O3. The van der Waals surface area contributed by atoms with Crippen LogP contribution >= 0.6 is 0 Å². The summed E-state index contributed by atoms with van der Waals surface area (Å²) in [6.45, 7) is 4.34. The molecule has 0 saturated heterocycles. The number of unbranched alkanes of at least 4 members (excludes halogenated alkanes) is 9. The molecule has 0 aromatic heterocycles. The van der Waals surface area contributed by atoms with Crippen LogP contribution in [-0.4, -0.2) is 16.3 Å². The first-order chi connectivity index (χ1) is 13.3. The molecule has 0 aliphatic heterocycles. The van der Waals surface area contributed by atoms with Gasteiger partial charge < -0.3 is 14.9 Å². The van der Waals surface area contributed by atoms with E-state index in [0.717, 1.165) is 30.4 Å². The summed E-state index contributed by atoms with van der Waals surface area (Å²) in [6.07, 6.45) is 16.7. The monoisotopic (exact) mass is 378 g/mol. The van der Waals surface area contributed by atoms with Gasteiger partial charge in [0.1, 0.15) is 5.75 Å². The fourth-order valence-electron chi connectivity index (χ4n) is 3.65. The van der Waals surface area contributed by atoms with Gasteiger partial charge in [-0.2, -0.15) is 0 Å². The van der Waals surface area contributed by atoms with E-state index < -0.39 is 0 Å². The largest absolute Gasteiger partial charge is 0.490 e. The van der Waals surface area contributed by atoms with Crippen molar-refractivity contribution in [3.05, 3.63) is 29.3 Å². The summed E-state index contributed by atoms with van der Waals surface area (Å²) in [7, 11) is 0. The molecule has 0 spiro atoms. The first kappa shape index (κ1) is 24.0. The van der Waals surface area contributed by atoms with Crippen molar-refractivity contribution in [1.29, 1.82) is 0 Å². The van der Waals surface area contributed by atoms with Gasteiger partial charge in [-0.1, -0.05) is 96.3 Å². The molecule has 0 aliphatic rings. The molecule has 156 valence electrons. The van der Waals surface area contributed by atoms with Crippen LogP contribution < -0.4 is 4.74 Å². The molecule has 1 aromatic rings. The zero-order valence-corrected chi connectivity index (χ0v) is 17.7. The summed E-state index contributed by atoms with van der Waals surface area (Å²) in [5, 5.41) is 19.2. The van der Waals surface area contributed by atoms with Crippen LogP contribution in [0.1, 0.15) is 108 Å². The minimum Gasteiger partial charge on any atom is -0.490 e. The van der Waals surface area contributed by atoms with E-state index >= 15 is 0 Å². The van der Waals surface area contributed by atoms with Gasteiger partial charge in [-0.25, -0.2) is 0 Å². The summed E-state index contributed by atoms with van der Waals surface area (Å²) < 4.78 is 6.26. The SMILES string of the molecule is CCCCCCCCCCCCC(CCC)Oc1c(CO)cccc1CO. The number of rotatable bonds is 17. The summed E-state index contributed by atoms with van der Waals surface area (Å²) in [4.78, 5) is 0. The maximum Gasteiger partial charge on any atom is 0.130 e. The molecular weight excluding hydrogens is 336 g/mol. The van der Waals surface area contributed by atoms with Crippen molar-refractivity contribution in [1.82, 2.24) is 0 Å². The van der Waals surface area contributed by atoms with Crippen molar-refractivity contribution in [2.45, 2.75) is 117 Å². The summed E-state index contributed by atoms with van der Waals surface area (Å²) in [5.41, 5.74) is 1.54. The molecule has 3 heteroatoms. The standard InChI is InChI=1S/C24H42O3/c1-3-5-6-7-8-9-10-11-12-13-18-23(15-4-2)27-24-21(19-25)16-14-17-22(24)20-26/h14,16-17,23,25-26H,3-13,15,18-20H2,1-2H3. The molecule has 0 fully saturated rings. The molecule has 2 N–H and O–H groups in total. The minimum atomic E-state index is -0.0553. The highest BCUT2D eigenvalue weighted by atomic mass is 16.5. The average Bonchev–Trinajstić information content (AvgIpc) is 2.69. The van der Waals surface area contributed by atoms with Crippen LogP contribution in [0.5, 0.6) is 5.75 Å². The van der Waals surface area contributed by atoms with Crippen LogP contribution in [0, 0.1) is 0 Å². The number of aliphatic hydroxyl groups is 2. The Morgan fingerprint density at radius 3 is 1.70 bits per heavy atom. The van der Waals surface area contributed by atoms with Crippen LogP contribution in [0.4, 0.5) is 0 Å². The lowest BCUT2D eigenvalue weighted by Gasteiger charge is -2.22. The van der Waals surface area contributed by atoms with Crippen LogP contribution in [0.15, 0.2) is 18.2 Å². The first-order valence-corrected chi connectivity index (χ1v) is 11.3. The molecule has 0 bridgehead atoms. The predicted molar refractivity (Wildman–Crippen MR) is 114 cm³/mol. The van der Waals surface area contributed by atoms with Gasteiger partial charge in [0.2, 0.25) is 0 Å². The van der Waals surface area contributed by atoms with E-state index in [1.165, 1.54) is 64.2 Å². The number of aliphatic hydroxyl groups excluding tert-OH is 2. The van der Waals surface area contributed by atoms with E-state index in [0.29, 0.717) is 5.75 Å². The third kappa shape index (κ3) is 10.2. The van der Waals surface area contributed by atoms with Crippen molar-refractivity contribution < 1.29 is 14.9 Å². The fraction of sp³-hybridized carbons (Fsp3) is 0.750. The smallest absolute Gasteiger partial charge is 0.130 e. The van der Waals surface area contributed by atoms with Gasteiger partial charge in [0.25, 0.3) is 0 Å². The van der Waals surface area contributed by atoms with Crippen molar-refractivity contribution >= 4 is 0 Å². The Hall–Kier alpha value is -1.06. The summed E-state index contributed by atoms with van der Waals surface area (Å²) >= 11 is 0. The van der Waals surface area contributed by atoms with E-state index in [4.69, 9.17) is 4.74 Å². The molecule has 27 heavy (non-hydrogen) atoms. The van der Waals surface area contributed by atoms with Crippen molar-refractivity contribution in [2.24, 2.45) is 0 Å². The third-order valence-corrected chi connectivity index (χ3v) is 5.29. The van der Waals surface area contributed by atoms with Gasteiger partial charge in [0.05, 0.1) is 19.3 Å². The Morgan fingerprint density at radius 2 is 1.22 bits per heavy atom. The highest BCUT2D eigenvalue weighted by Gasteiger charge is 2.15. The summed E-state index contributed by atoms with van der Waals surface area (Å²) in [6, 6.07) is 5.61. The number of ether oxygens (including phenoxy) is 1. The van der Waals surface area contributed by atoms with Crippen molar-refractivity contribution in [3.63, 3.8) is 0 Å². The van der Waals surface area contributed by atoms with Crippen LogP contribution in [0.2, 0.25) is 0 Å². The highest BCUT2D eigenvalue weighted by molar-refractivity contribution is 5.41. The van der Waals surface area contributed by atoms with Crippen molar-refractivity contribution in [2.75, 3.05) is 0 Å². The number of para-hydroxylation sites is 1. The second kappa shape index (κ2) is 15.9. The Labute approximate surface area is 167 Å². The second-order valence-electron chi connectivity index (χ2n) is 7.72. The average molecular weight is 379 g/mol. The molecule has 0 heterocycles. The van der Waals surface area contributed by atoms with E-state index in [1.54, 1.807) is 0 Å². The van der Waals surface area contributed by atoms with E-state index in [-0.39, 0.29) is 19.3 Å². The maximum absolute atomic E-state index is 9.58. The first-order valence-electron chi connectivity index (χ1n) is 11.3. The molecule has 0 amide bonds. The Bertz CT molecular complexity index is 450. The zero-order valence-electron chi connectivity index (χ0n) is 17.7. The van der Waals surface area contributed by atoms with Gasteiger partial charge in [-0.3, -0.25) is 0 Å². The van der Waals surface area contributed by atoms with Crippen LogP contribution in [-0.2, 0) is 13.2 Å². The molecule has 0 aliphatic carbocycles. The second-order valence-corrected chi connectivity index (χ2v) is 7.72. The zero-order chi connectivity index (χ0) is 19.7. The van der Waals surface area contributed by atoms with Gasteiger partial charge in [0.15, 0.2) is 0 Å². The topological polar surface area (TPSA) is 49.7 Å². The van der Waals surface area contributed by atoms with E-state index in [1.807, 2.05) is 18.2 Å². The van der Waals surface area contributed by atoms with E-state index in [9.17, 15) is 10.2 Å². The molecule has 1 atom stereocenters. The van der Waals surface area contributed by atoms with Crippen LogP contribution in [0.25, 0.3) is 0 Å². The van der Waals surface area contributed by atoms with Crippen molar-refractivity contribution in [3.8, 4) is 5.75 Å². The Morgan fingerprint density at radius 1 is 0.704 bits per heavy atom. The normalized spacial score (nSPS) is 12.3.